The van der Waals surface area contributed by atoms with Crippen LogP contribution in [0.2, 0.25) is 0 Å². The molecule has 0 saturated carbocycles. The lowest BCUT2D eigenvalue weighted by Gasteiger charge is -2.28. The number of carbonyl (C=O) groups is 1. The fraction of sp³-hybridized carbons (Fsp3) is 0.167. The molecule has 5 heteroatoms. The zero-order chi connectivity index (χ0) is 24.7. The van der Waals surface area contributed by atoms with Gasteiger partial charge in [-0.25, -0.2) is 4.98 Å². The third kappa shape index (κ3) is 3.89. The summed E-state index contributed by atoms with van der Waals surface area (Å²) in [6.45, 7) is 5.90. The second-order valence-electron chi connectivity index (χ2n) is 9.04. The van der Waals surface area contributed by atoms with Crippen LogP contribution in [0.25, 0.3) is 27.4 Å². The Bertz CT molecular complexity index is 1650. The number of aromatic nitrogens is 2. The van der Waals surface area contributed by atoms with Crippen molar-refractivity contribution in [2.24, 2.45) is 0 Å². The lowest BCUT2D eigenvalue weighted by Crippen LogP contribution is -2.35. The van der Waals surface area contributed by atoms with Crippen LogP contribution in [0.1, 0.15) is 40.3 Å². The zero-order valence-electron chi connectivity index (χ0n) is 20.3. The predicted octanol–water partition coefficient (Wildman–Crippen LogP) is 5.99. The molecule has 1 amide bonds. The van der Waals surface area contributed by atoms with Gasteiger partial charge in [-0.3, -0.25) is 14.2 Å². The van der Waals surface area contributed by atoms with Crippen molar-refractivity contribution >= 4 is 27.6 Å². The van der Waals surface area contributed by atoms with E-state index in [1.165, 1.54) is 0 Å². The summed E-state index contributed by atoms with van der Waals surface area (Å²) in [5.74, 6) is 0.405. The minimum atomic E-state index is -0.460. The number of amides is 1. The molecule has 1 aromatic heterocycles. The molecular weight excluding hydrogens is 434 g/mol. The number of fused-ring (bicyclic) bond motifs is 2. The summed E-state index contributed by atoms with van der Waals surface area (Å²) in [6, 6.07) is 26.5. The lowest BCUT2D eigenvalue weighted by molar-refractivity contribution is 0.0737. The van der Waals surface area contributed by atoms with Crippen molar-refractivity contribution < 1.29 is 4.79 Å². The summed E-state index contributed by atoms with van der Waals surface area (Å²) in [5.41, 5.74) is 3.89. The van der Waals surface area contributed by atoms with Crippen molar-refractivity contribution in [3.8, 4) is 5.69 Å². The van der Waals surface area contributed by atoms with E-state index in [0.717, 1.165) is 27.6 Å². The number of carbonyl (C=O) groups excluding carboxylic acids is 1. The SMILES string of the molecule is Cc1ccc(C)c(-n2c(C(C)N(C)C(=O)c3cccc4ccccc34)nc3ccccc3c2=O)c1. The maximum atomic E-state index is 13.8. The van der Waals surface area contributed by atoms with Crippen molar-refractivity contribution in [1.82, 2.24) is 14.5 Å². The van der Waals surface area contributed by atoms with E-state index in [4.69, 9.17) is 4.98 Å². The largest absolute Gasteiger partial charge is 0.332 e. The summed E-state index contributed by atoms with van der Waals surface area (Å²) in [6.07, 6.45) is 0. The normalized spacial score (nSPS) is 12.1. The zero-order valence-corrected chi connectivity index (χ0v) is 20.3. The molecule has 5 nitrogen and oxygen atoms in total. The second-order valence-corrected chi connectivity index (χ2v) is 9.04. The van der Waals surface area contributed by atoms with Gasteiger partial charge in [-0.1, -0.05) is 60.7 Å². The van der Waals surface area contributed by atoms with E-state index >= 15 is 0 Å². The van der Waals surface area contributed by atoms with Crippen LogP contribution in [0.3, 0.4) is 0 Å². The molecule has 0 fully saturated rings. The molecule has 0 N–H and O–H groups in total. The van der Waals surface area contributed by atoms with Gasteiger partial charge in [0.15, 0.2) is 0 Å². The lowest BCUT2D eigenvalue weighted by atomic mass is 10.0. The number of benzene rings is 4. The number of hydrogen-bond donors (Lipinski definition) is 0. The Balaban J connectivity index is 1.69. The molecule has 0 aliphatic carbocycles. The summed E-state index contributed by atoms with van der Waals surface area (Å²) in [7, 11) is 1.77. The summed E-state index contributed by atoms with van der Waals surface area (Å²) >= 11 is 0. The third-order valence-electron chi connectivity index (χ3n) is 6.70. The molecule has 0 aliphatic rings. The van der Waals surface area contributed by atoms with Crippen LogP contribution in [0.15, 0.2) is 89.7 Å². The Hall–Kier alpha value is -4.25. The van der Waals surface area contributed by atoms with Crippen molar-refractivity contribution in [1.29, 1.82) is 0 Å². The predicted molar refractivity (Wildman–Crippen MR) is 141 cm³/mol. The number of hydrogen-bond acceptors (Lipinski definition) is 3. The summed E-state index contributed by atoms with van der Waals surface area (Å²) < 4.78 is 1.67. The molecule has 5 aromatic rings. The number of para-hydroxylation sites is 1. The van der Waals surface area contributed by atoms with Crippen LogP contribution in [0, 0.1) is 13.8 Å². The fourth-order valence-electron chi connectivity index (χ4n) is 4.57. The smallest absolute Gasteiger partial charge is 0.266 e. The van der Waals surface area contributed by atoms with Crippen LogP contribution < -0.4 is 5.56 Å². The molecule has 0 spiro atoms. The average Bonchev–Trinajstić information content (AvgIpc) is 2.88. The van der Waals surface area contributed by atoms with Gasteiger partial charge in [-0.2, -0.15) is 0 Å². The van der Waals surface area contributed by atoms with Gasteiger partial charge in [0, 0.05) is 12.6 Å². The molecule has 0 saturated heterocycles. The monoisotopic (exact) mass is 461 g/mol. The van der Waals surface area contributed by atoms with E-state index in [1.807, 2.05) is 99.6 Å². The molecule has 4 aromatic carbocycles. The van der Waals surface area contributed by atoms with Gasteiger partial charge >= 0.3 is 0 Å². The van der Waals surface area contributed by atoms with E-state index < -0.39 is 6.04 Å². The van der Waals surface area contributed by atoms with Crippen LogP contribution in [-0.4, -0.2) is 27.4 Å². The highest BCUT2D eigenvalue weighted by Gasteiger charge is 2.26. The average molecular weight is 462 g/mol. The first-order valence-corrected chi connectivity index (χ1v) is 11.7. The Morgan fingerprint density at radius 3 is 2.37 bits per heavy atom. The Morgan fingerprint density at radius 1 is 0.886 bits per heavy atom. The van der Waals surface area contributed by atoms with Gasteiger partial charge < -0.3 is 4.90 Å². The highest BCUT2D eigenvalue weighted by molar-refractivity contribution is 6.07. The number of aryl methyl sites for hydroxylation is 2. The molecule has 35 heavy (non-hydrogen) atoms. The fourth-order valence-corrected chi connectivity index (χ4v) is 4.57. The van der Waals surface area contributed by atoms with Crippen molar-refractivity contribution in [2.45, 2.75) is 26.8 Å². The first-order valence-electron chi connectivity index (χ1n) is 11.7. The first-order chi connectivity index (χ1) is 16.9. The topological polar surface area (TPSA) is 55.2 Å². The summed E-state index contributed by atoms with van der Waals surface area (Å²) in [4.78, 5) is 34.1. The maximum Gasteiger partial charge on any atom is 0.266 e. The van der Waals surface area contributed by atoms with E-state index in [9.17, 15) is 9.59 Å². The molecule has 5 rings (SSSR count). The van der Waals surface area contributed by atoms with Gasteiger partial charge in [-0.05, 0) is 66.9 Å². The highest BCUT2D eigenvalue weighted by Crippen LogP contribution is 2.27. The van der Waals surface area contributed by atoms with Gasteiger partial charge in [0.25, 0.3) is 11.5 Å². The van der Waals surface area contributed by atoms with Gasteiger partial charge in [-0.15, -0.1) is 0 Å². The highest BCUT2D eigenvalue weighted by atomic mass is 16.2. The van der Waals surface area contributed by atoms with Gasteiger partial charge in [0.05, 0.1) is 22.6 Å². The quantitative estimate of drug-likeness (QED) is 0.330. The molecule has 0 radical (unpaired) electrons. The Labute approximate surface area is 204 Å². The summed E-state index contributed by atoms with van der Waals surface area (Å²) in [5, 5.41) is 2.46. The number of nitrogens with zero attached hydrogens (tertiary/aromatic N) is 3. The molecule has 1 unspecified atom stereocenters. The minimum absolute atomic E-state index is 0.121. The molecule has 0 bridgehead atoms. The molecule has 1 heterocycles. The standard InChI is InChI=1S/C30H27N3O2/c1-19-16-17-20(2)27(18-19)33-28(31-26-15-8-7-13-25(26)30(33)35)21(3)32(4)29(34)24-14-9-11-22-10-5-6-12-23(22)24/h5-18,21H,1-4H3. The molecular formula is C30H27N3O2. The van der Waals surface area contributed by atoms with Crippen molar-refractivity contribution in [2.75, 3.05) is 7.05 Å². The van der Waals surface area contributed by atoms with Crippen molar-refractivity contribution in [3.63, 3.8) is 0 Å². The van der Waals surface area contributed by atoms with E-state index in [0.29, 0.717) is 22.3 Å². The van der Waals surface area contributed by atoms with Crippen molar-refractivity contribution in [3.05, 3.63) is 118 Å². The van der Waals surface area contributed by atoms with Gasteiger partial charge in [0.1, 0.15) is 5.82 Å². The van der Waals surface area contributed by atoms with E-state index in [2.05, 4.69) is 0 Å². The first kappa shape index (κ1) is 22.5. The number of rotatable bonds is 4. The Morgan fingerprint density at radius 2 is 1.57 bits per heavy atom. The molecule has 0 aliphatic heterocycles. The van der Waals surface area contributed by atoms with Crippen LogP contribution in [0.4, 0.5) is 0 Å². The van der Waals surface area contributed by atoms with E-state index in [-0.39, 0.29) is 11.5 Å². The second kappa shape index (κ2) is 8.84. The molecule has 1 atom stereocenters. The van der Waals surface area contributed by atoms with E-state index in [1.54, 1.807) is 22.6 Å². The minimum Gasteiger partial charge on any atom is -0.332 e. The Kier molecular flexibility index (Phi) is 5.69. The maximum absolute atomic E-state index is 13.8. The van der Waals surface area contributed by atoms with Crippen LogP contribution in [0.5, 0.6) is 0 Å². The van der Waals surface area contributed by atoms with Crippen LogP contribution in [-0.2, 0) is 0 Å². The van der Waals surface area contributed by atoms with Gasteiger partial charge in [0.2, 0.25) is 0 Å². The molecule has 174 valence electrons. The third-order valence-corrected chi connectivity index (χ3v) is 6.70. The van der Waals surface area contributed by atoms with Crippen LogP contribution >= 0.6 is 0 Å².